The number of nitrogens with two attached hydrogens (primary N) is 1. The third-order valence-electron chi connectivity index (χ3n) is 4.11. The molecule has 1 aromatic rings. The maximum atomic E-state index is 10.7. The van der Waals surface area contributed by atoms with Crippen LogP contribution in [0.4, 0.5) is 0 Å². The van der Waals surface area contributed by atoms with Crippen LogP contribution in [-0.2, 0) is 0 Å². The number of carbonyl (C=O) groups excluding carboxylic acids is 1. The molecule has 0 saturated carbocycles. The number of rotatable bonds is 7. The molecule has 1 unspecified atom stereocenters. The van der Waals surface area contributed by atoms with E-state index < -0.39 is 0 Å². The summed E-state index contributed by atoms with van der Waals surface area (Å²) in [7, 11) is 3.99. The lowest BCUT2D eigenvalue weighted by molar-refractivity contribution is 0.112. The largest absolute Gasteiger partial charge is 0.388 e. The Morgan fingerprint density at radius 2 is 2.07 bits per heavy atom. The summed E-state index contributed by atoms with van der Waals surface area (Å²) in [6, 6.07) is 2.81. The molecule has 1 atom stereocenters. The minimum absolute atomic E-state index is 0.423. The number of likely N-dealkylation sites (N-methyl/N-ethyl adjacent to an activating group) is 1. The van der Waals surface area contributed by atoms with Crippen LogP contribution in [0.1, 0.15) is 50.2 Å². The average Bonchev–Trinajstić information content (AvgIpc) is 2.92. The number of hydrogen-bond donors (Lipinski definition) is 1. The van der Waals surface area contributed by atoms with E-state index in [-0.39, 0.29) is 0 Å². The predicted octanol–water partition coefficient (Wildman–Crippen LogP) is 2.21. The maximum Gasteiger partial charge on any atom is 0.160 e. The molecule has 6 nitrogen and oxygen atoms in total. The molecule has 0 bridgehead atoms. The van der Waals surface area contributed by atoms with E-state index in [1.807, 2.05) is 36.1 Å². The van der Waals surface area contributed by atoms with Gasteiger partial charge in [-0.15, -0.1) is 11.3 Å². The van der Waals surface area contributed by atoms with Crippen LogP contribution in [0.2, 0.25) is 0 Å². The Morgan fingerprint density at radius 3 is 2.59 bits per heavy atom. The summed E-state index contributed by atoms with van der Waals surface area (Å²) in [5.41, 5.74) is 6.37. The summed E-state index contributed by atoms with van der Waals surface area (Å²) in [6.07, 6.45) is 8.68. The van der Waals surface area contributed by atoms with Gasteiger partial charge in [-0.1, -0.05) is 19.4 Å². The number of fused-ring (bicyclic) bond motifs is 1. The lowest BCUT2D eigenvalue weighted by Crippen LogP contribution is -2.34. The van der Waals surface area contributed by atoms with E-state index in [1.54, 1.807) is 0 Å². The van der Waals surface area contributed by atoms with E-state index in [2.05, 4.69) is 43.9 Å². The predicted molar refractivity (Wildman–Crippen MR) is 116 cm³/mol. The van der Waals surface area contributed by atoms with Crippen molar-refractivity contribution in [1.29, 1.82) is 0 Å². The summed E-state index contributed by atoms with van der Waals surface area (Å²) in [5.74, 6) is 0. The van der Waals surface area contributed by atoms with E-state index >= 15 is 0 Å². The fourth-order valence-electron chi connectivity index (χ4n) is 2.92. The summed E-state index contributed by atoms with van der Waals surface area (Å²) in [6.45, 7) is 9.29. The molecular weight excluding hydrogens is 358 g/mol. The highest BCUT2D eigenvalue weighted by Gasteiger charge is 2.12. The van der Waals surface area contributed by atoms with E-state index in [0.717, 1.165) is 33.2 Å². The van der Waals surface area contributed by atoms with Crippen molar-refractivity contribution in [3.63, 3.8) is 0 Å². The van der Waals surface area contributed by atoms with Gasteiger partial charge in [0.1, 0.15) is 11.0 Å². The van der Waals surface area contributed by atoms with Crippen molar-refractivity contribution in [3.8, 4) is 0 Å². The first-order valence-electron chi connectivity index (χ1n) is 9.35. The van der Waals surface area contributed by atoms with Crippen LogP contribution in [0.5, 0.6) is 0 Å². The van der Waals surface area contributed by atoms with E-state index in [1.165, 1.54) is 24.1 Å². The molecule has 0 amide bonds. The van der Waals surface area contributed by atoms with Crippen LogP contribution in [0.3, 0.4) is 0 Å². The lowest BCUT2D eigenvalue weighted by atomic mass is 10.1. The van der Waals surface area contributed by atoms with Gasteiger partial charge in [0.25, 0.3) is 0 Å². The van der Waals surface area contributed by atoms with E-state index in [4.69, 9.17) is 5.73 Å². The molecule has 0 radical (unpaired) electrons. The normalized spacial score (nSPS) is 14.1. The first-order valence-corrected chi connectivity index (χ1v) is 10.2. The molecule has 0 saturated heterocycles. The Labute approximate surface area is 166 Å². The van der Waals surface area contributed by atoms with Crippen molar-refractivity contribution in [2.24, 2.45) is 15.8 Å². The van der Waals surface area contributed by atoms with Gasteiger partial charge in [-0.2, -0.15) is 5.10 Å². The Hall–Kier alpha value is -2.15. The van der Waals surface area contributed by atoms with Crippen molar-refractivity contribution in [1.82, 2.24) is 9.91 Å². The zero-order valence-electron chi connectivity index (χ0n) is 17.3. The third-order valence-corrected chi connectivity index (χ3v) is 5.10. The van der Waals surface area contributed by atoms with Crippen molar-refractivity contribution in [2.75, 3.05) is 20.6 Å². The molecule has 0 spiro atoms. The molecule has 0 fully saturated rings. The van der Waals surface area contributed by atoms with Crippen molar-refractivity contribution >= 4 is 29.7 Å². The summed E-state index contributed by atoms with van der Waals surface area (Å²) in [5, 5.41) is 7.23. The van der Waals surface area contributed by atoms with Gasteiger partial charge in [-0.3, -0.25) is 14.8 Å². The van der Waals surface area contributed by atoms with Gasteiger partial charge in [-0.05, 0) is 39.3 Å². The fraction of sp³-hybridized carbons (Fsp3) is 0.550. The van der Waals surface area contributed by atoms with Gasteiger partial charge < -0.3 is 10.6 Å². The van der Waals surface area contributed by atoms with Crippen LogP contribution in [-0.4, -0.2) is 55.3 Å². The minimum atomic E-state index is 0.423. The maximum absolute atomic E-state index is 10.7. The smallest absolute Gasteiger partial charge is 0.160 e. The number of hydrazone groups is 1. The number of nitrogens with zero attached hydrogens (tertiary/aromatic N) is 4. The standard InChI is InChI=1S/C11H12N2OS.C9H21N3/c1-13(2)10-4-3-5-12-11-9(10)6-8(7-14)15-11;1-5-6-9(4)12(8(2)3)11-7-10/h3-4,6-7H,5H2,1-2H3;7-9H,5-6H2,1-4H3,(H2,10,11). The van der Waals surface area contributed by atoms with Crippen LogP contribution >= 0.6 is 11.3 Å². The summed E-state index contributed by atoms with van der Waals surface area (Å²) >= 11 is 1.45. The highest BCUT2D eigenvalue weighted by Crippen LogP contribution is 2.10. The molecule has 7 heteroatoms. The Morgan fingerprint density at radius 1 is 1.37 bits per heavy atom. The van der Waals surface area contributed by atoms with Crippen molar-refractivity contribution < 1.29 is 4.79 Å². The quantitative estimate of drug-likeness (QED) is 0.335. The first-order chi connectivity index (χ1) is 12.8. The second kappa shape index (κ2) is 11.5. The number of hydrogen-bond acceptors (Lipinski definition) is 6. The zero-order valence-corrected chi connectivity index (χ0v) is 18.2. The van der Waals surface area contributed by atoms with Crippen molar-refractivity contribution in [2.45, 2.75) is 52.6 Å². The molecule has 1 aliphatic heterocycles. The second-order valence-electron chi connectivity index (χ2n) is 6.88. The lowest BCUT2D eigenvalue weighted by Gasteiger charge is -2.29. The molecule has 2 heterocycles. The van der Waals surface area contributed by atoms with E-state index in [0.29, 0.717) is 18.6 Å². The Balaban J connectivity index is 0.000000279. The summed E-state index contributed by atoms with van der Waals surface area (Å²) < 4.78 is 0.950. The number of aldehydes is 1. The highest BCUT2D eigenvalue weighted by atomic mass is 32.1. The van der Waals surface area contributed by atoms with Crippen molar-refractivity contribution in [3.05, 3.63) is 33.0 Å². The molecule has 1 aromatic heterocycles. The molecule has 0 aromatic carbocycles. The summed E-state index contributed by atoms with van der Waals surface area (Å²) in [4.78, 5) is 17.9. The average molecular weight is 392 g/mol. The van der Waals surface area contributed by atoms with Gasteiger partial charge in [0.15, 0.2) is 6.29 Å². The van der Waals surface area contributed by atoms with Crippen LogP contribution < -0.4 is 15.6 Å². The SMILES string of the molecule is CCCC(C)N(/N=C/N)C(C)C.CN(C)C1=c2cc(C=O)sc2=NCC=C1. The van der Waals surface area contributed by atoms with Crippen LogP contribution in [0.25, 0.3) is 5.70 Å². The van der Waals surface area contributed by atoms with Gasteiger partial charge >= 0.3 is 0 Å². The van der Waals surface area contributed by atoms with E-state index in [9.17, 15) is 4.79 Å². The van der Waals surface area contributed by atoms with Crippen LogP contribution in [0, 0.1) is 0 Å². The zero-order chi connectivity index (χ0) is 20.4. The second-order valence-corrected chi connectivity index (χ2v) is 7.95. The molecule has 0 aliphatic carbocycles. The fourth-order valence-corrected chi connectivity index (χ4v) is 3.78. The van der Waals surface area contributed by atoms with Crippen LogP contribution in [0.15, 0.2) is 28.3 Å². The molecule has 2 N–H and O–H groups in total. The first kappa shape index (κ1) is 22.9. The molecule has 27 heavy (non-hydrogen) atoms. The third kappa shape index (κ3) is 6.82. The molecule has 2 rings (SSSR count). The van der Waals surface area contributed by atoms with Gasteiger partial charge in [0.05, 0.1) is 11.4 Å². The molecular formula is C20H33N5OS. The number of carbonyl (C=O) groups is 1. The Bertz CT molecular complexity index is 764. The van der Waals surface area contributed by atoms with Gasteiger partial charge in [-0.25, -0.2) is 0 Å². The van der Waals surface area contributed by atoms with Gasteiger partial charge in [0.2, 0.25) is 0 Å². The topological polar surface area (TPSA) is 74.3 Å². The minimum Gasteiger partial charge on any atom is -0.388 e. The molecule has 1 aliphatic rings. The molecule has 150 valence electrons. The highest BCUT2D eigenvalue weighted by molar-refractivity contribution is 7.11. The Kier molecular flexibility index (Phi) is 9.78. The van der Waals surface area contributed by atoms with Gasteiger partial charge in [0, 0.05) is 37.1 Å². The number of thiophene rings is 1. The monoisotopic (exact) mass is 391 g/mol.